The monoisotopic (exact) mass is 351 g/mol. The van der Waals surface area contributed by atoms with Crippen molar-refractivity contribution in [1.29, 1.82) is 0 Å². The number of halogens is 1. The Hall–Kier alpha value is -0.630. The molecule has 0 atom stereocenters. The van der Waals surface area contributed by atoms with Crippen LogP contribution < -0.4 is 9.46 Å². The number of benzene rings is 1. The minimum atomic E-state index is -3.69. The zero-order chi connectivity index (χ0) is 14.7. The van der Waals surface area contributed by atoms with Crippen LogP contribution in [0.3, 0.4) is 0 Å². The van der Waals surface area contributed by atoms with Gasteiger partial charge in [0.05, 0.1) is 19.3 Å². The van der Waals surface area contributed by atoms with Gasteiger partial charge >= 0.3 is 0 Å². The number of sulfonamides is 1. The summed E-state index contributed by atoms with van der Waals surface area (Å²) in [5.74, 6) is 0.295. The predicted octanol–water partition coefficient (Wildman–Crippen LogP) is 2.16. The van der Waals surface area contributed by atoms with Gasteiger partial charge in [0.25, 0.3) is 0 Å². The molecule has 0 saturated heterocycles. The third-order valence-electron chi connectivity index (χ3n) is 2.33. The number of ether oxygens (including phenoxy) is 2. The molecular weight excluding hydrogens is 334 g/mol. The molecule has 0 heterocycles. The summed E-state index contributed by atoms with van der Waals surface area (Å²) in [6.07, 6.45) is 0. The average molecular weight is 352 g/mol. The number of nitrogens with one attached hydrogen (secondary N) is 1. The fourth-order valence-corrected chi connectivity index (χ4v) is 3.78. The van der Waals surface area contributed by atoms with E-state index < -0.39 is 15.6 Å². The van der Waals surface area contributed by atoms with E-state index in [2.05, 4.69) is 20.7 Å². The summed E-state index contributed by atoms with van der Waals surface area (Å²) in [5.41, 5.74) is -0.707. The molecule has 0 aliphatic heterocycles. The predicted molar refractivity (Wildman–Crippen MR) is 77.0 cm³/mol. The van der Waals surface area contributed by atoms with E-state index in [4.69, 9.17) is 9.47 Å². The summed E-state index contributed by atoms with van der Waals surface area (Å²) in [4.78, 5) is 0.0913. The second-order valence-electron chi connectivity index (χ2n) is 4.72. The van der Waals surface area contributed by atoms with Crippen molar-refractivity contribution in [2.75, 3.05) is 20.8 Å². The molecule has 1 aromatic rings. The minimum absolute atomic E-state index is 0.0913. The maximum Gasteiger partial charge on any atom is 0.244 e. The summed E-state index contributed by atoms with van der Waals surface area (Å²) >= 11 is 3.26. The van der Waals surface area contributed by atoms with Crippen LogP contribution in [-0.4, -0.2) is 34.8 Å². The Balaban J connectivity index is 3.17. The molecule has 1 aromatic carbocycles. The first-order valence-corrected chi connectivity index (χ1v) is 7.86. The molecule has 0 fully saturated rings. The largest absolute Gasteiger partial charge is 0.495 e. The maximum absolute atomic E-state index is 12.4. The lowest BCUT2D eigenvalue weighted by Crippen LogP contribution is -2.46. The summed E-state index contributed by atoms with van der Waals surface area (Å²) in [6.45, 7) is 3.76. The third-order valence-corrected chi connectivity index (χ3v) is 4.54. The molecule has 0 amide bonds. The lowest BCUT2D eigenvalue weighted by Gasteiger charge is -2.25. The molecule has 0 spiro atoms. The molecule has 1 rings (SSSR count). The van der Waals surface area contributed by atoms with Gasteiger partial charge in [-0.3, -0.25) is 0 Å². The molecule has 5 nitrogen and oxygen atoms in total. The molecule has 0 saturated carbocycles. The lowest BCUT2D eigenvalue weighted by atomic mass is 10.1. The second kappa shape index (κ2) is 6.21. The first-order valence-electron chi connectivity index (χ1n) is 5.58. The Morgan fingerprint density at radius 3 is 2.47 bits per heavy atom. The molecule has 0 radical (unpaired) electrons. The van der Waals surface area contributed by atoms with Gasteiger partial charge in [0.2, 0.25) is 10.0 Å². The Labute approximate surface area is 122 Å². The van der Waals surface area contributed by atoms with Crippen LogP contribution in [0.4, 0.5) is 0 Å². The van der Waals surface area contributed by atoms with E-state index in [1.54, 1.807) is 26.0 Å². The van der Waals surface area contributed by atoms with Crippen molar-refractivity contribution in [2.45, 2.75) is 24.3 Å². The molecule has 0 unspecified atom stereocenters. The molecule has 0 aromatic heterocycles. The molecule has 7 heteroatoms. The van der Waals surface area contributed by atoms with Gasteiger partial charge in [-0.1, -0.05) is 15.9 Å². The Morgan fingerprint density at radius 2 is 1.95 bits per heavy atom. The van der Waals surface area contributed by atoms with Crippen molar-refractivity contribution in [2.24, 2.45) is 0 Å². The number of methoxy groups -OCH3 is 2. The first kappa shape index (κ1) is 16.4. The van der Waals surface area contributed by atoms with Crippen LogP contribution in [0.5, 0.6) is 5.75 Å². The van der Waals surface area contributed by atoms with Crippen molar-refractivity contribution in [3.05, 3.63) is 22.7 Å². The zero-order valence-electron chi connectivity index (χ0n) is 11.4. The fraction of sp³-hybridized carbons (Fsp3) is 0.500. The van der Waals surface area contributed by atoms with Crippen LogP contribution in [0.25, 0.3) is 0 Å². The zero-order valence-corrected chi connectivity index (χ0v) is 13.8. The molecular formula is C12H18BrNO4S. The van der Waals surface area contributed by atoms with Crippen LogP contribution in [-0.2, 0) is 14.8 Å². The highest BCUT2D eigenvalue weighted by Gasteiger charge is 2.28. The van der Waals surface area contributed by atoms with Crippen LogP contribution in [0.15, 0.2) is 27.6 Å². The van der Waals surface area contributed by atoms with Crippen molar-refractivity contribution < 1.29 is 17.9 Å². The smallest absolute Gasteiger partial charge is 0.244 e. The van der Waals surface area contributed by atoms with Gasteiger partial charge < -0.3 is 9.47 Å². The van der Waals surface area contributed by atoms with Crippen LogP contribution in [0.1, 0.15) is 13.8 Å². The maximum atomic E-state index is 12.4. The lowest BCUT2D eigenvalue weighted by molar-refractivity contribution is 0.141. The number of hydrogen-bond acceptors (Lipinski definition) is 4. The average Bonchev–Trinajstić information content (AvgIpc) is 2.27. The summed E-state index contributed by atoms with van der Waals surface area (Å²) in [7, 11) is -0.734. The Morgan fingerprint density at radius 1 is 1.32 bits per heavy atom. The fourth-order valence-electron chi connectivity index (χ4n) is 1.67. The highest BCUT2D eigenvalue weighted by atomic mass is 79.9. The summed E-state index contributed by atoms with van der Waals surface area (Å²) < 4.78 is 38.1. The number of hydrogen-bond donors (Lipinski definition) is 1. The highest BCUT2D eigenvalue weighted by molar-refractivity contribution is 9.10. The van der Waals surface area contributed by atoms with Gasteiger partial charge in [-0.25, -0.2) is 13.1 Å². The Bertz CT molecular complexity index is 543. The topological polar surface area (TPSA) is 64.6 Å². The molecule has 1 N–H and O–H groups in total. The second-order valence-corrected chi connectivity index (χ2v) is 7.28. The van der Waals surface area contributed by atoms with Gasteiger partial charge in [-0.05, 0) is 32.0 Å². The normalized spacial score (nSPS) is 12.5. The van der Waals surface area contributed by atoms with E-state index in [9.17, 15) is 8.42 Å². The van der Waals surface area contributed by atoms with E-state index in [1.165, 1.54) is 20.3 Å². The standard InChI is InChI=1S/C12H18BrNO4S/c1-12(2,8-17-3)14-19(15,16)11-7-9(13)5-6-10(11)18-4/h5-7,14H,8H2,1-4H3. The van der Waals surface area contributed by atoms with Crippen molar-refractivity contribution in [3.8, 4) is 5.75 Å². The van der Waals surface area contributed by atoms with E-state index in [-0.39, 0.29) is 11.5 Å². The minimum Gasteiger partial charge on any atom is -0.495 e. The van der Waals surface area contributed by atoms with Gasteiger partial charge in [-0.2, -0.15) is 0 Å². The molecule has 0 bridgehead atoms. The molecule has 108 valence electrons. The van der Waals surface area contributed by atoms with E-state index in [1.807, 2.05) is 0 Å². The summed E-state index contributed by atoms with van der Waals surface area (Å²) in [5, 5.41) is 0. The summed E-state index contributed by atoms with van der Waals surface area (Å²) in [6, 6.07) is 4.82. The van der Waals surface area contributed by atoms with Gasteiger partial charge in [0.15, 0.2) is 0 Å². The van der Waals surface area contributed by atoms with E-state index >= 15 is 0 Å². The SMILES string of the molecule is COCC(C)(C)NS(=O)(=O)c1cc(Br)ccc1OC. The van der Waals surface area contributed by atoms with Crippen molar-refractivity contribution in [3.63, 3.8) is 0 Å². The molecule has 19 heavy (non-hydrogen) atoms. The van der Waals surface area contributed by atoms with Crippen molar-refractivity contribution >= 4 is 26.0 Å². The number of rotatable bonds is 6. The quantitative estimate of drug-likeness (QED) is 0.852. The van der Waals surface area contributed by atoms with Crippen molar-refractivity contribution in [1.82, 2.24) is 4.72 Å². The van der Waals surface area contributed by atoms with E-state index in [0.717, 1.165) is 0 Å². The van der Waals surface area contributed by atoms with E-state index in [0.29, 0.717) is 10.2 Å². The molecule has 0 aliphatic rings. The first-order chi connectivity index (χ1) is 8.72. The van der Waals surface area contributed by atoms with Crippen LogP contribution >= 0.6 is 15.9 Å². The van der Waals surface area contributed by atoms with Gasteiger partial charge in [-0.15, -0.1) is 0 Å². The molecule has 0 aliphatic carbocycles. The highest BCUT2D eigenvalue weighted by Crippen LogP contribution is 2.28. The van der Waals surface area contributed by atoms with Crippen LogP contribution in [0, 0.1) is 0 Å². The van der Waals surface area contributed by atoms with Crippen LogP contribution in [0.2, 0.25) is 0 Å². The van der Waals surface area contributed by atoms with Gasteiger partial charge in [0.1, 0.15) is 10.6 Å². The van der Waals surface area contributed by atoms with Gasteiger partial charge in [0, 0.05) is 11.6 Å². The Kier molecular flexibility index (Phi) is 5.37. The third kappa shape index (κ3) is 4.45.